The van der Waals surface area contributed by atoms with Gasteiger partial charge in [0, 0.05) is 25.2 Å². The minimum Gasteiger partial charge on any atom is -0.212 e. The molecule has 0 aromatic carbocycles. The molecule has 0 amide bonds. The smallest absolute Gasteiger partial charge is 0.211 e. The van der Waals surface area contributed by atoms with Crippen LogP contribution in [0.3, 0.4) is 0 Å². The quantitative estimate of drug-likeness (QED) is 0.731. The van der Waals surface area contributed by atoms with E-state index in [0.717, 1.165) is 32.1 Å². The summed E-state index contributed by atoms with van der Waals surface area (Å²) in [6.45, 7) is 1.02. The molecule has 6 nitrogen and oxygen atoms in total. The van der Waals surface area contributed by atoms with Crippen molar-refractivity contribution in [3.8, 4) is 0 Å². The van der Waals surface area contributed by atoms with E-state index < -0.39 is 20.0 Å². The Bertz CT molecular complexity index is 529. The largest absolute Gasteiger partial charge is 0.212 e. The van der Waals surface area contributed by atoms with Crippen molar-refractivity contribution in [2.45, 2.75) is 44.2 Å². The molecular formula is C11H22N2O4S2. The lowest BCUT2D eigenvalue weighted by atomic mass is 9.96. The van der Waals surface area contributed by atoms with E-state index in [0.29, 0.717) is 13.1 Å². The molecule has 0 unspecified atom stereocenters. The van der Waals surface area contributed by atoms with Crippen LogP contribution in [0.15, 0.2) is 0 Å². The van der Waals surface area contributed by atoms with E-state index in [9.17, 15) is 16.8 Å². The molecular weight excluding hydrogens is 288 g/mol. The number of nitrogens with zero attached hydrogens (tertiary/aromatic N) is 2. The molecule has 2 aliphatic heterocycles. The molecule has 0 aliphatic carbocycles. The van der Waals surface area contributed by atoms with E-state index in [4.69, 9.17) is 0 Å². The standard InChI is InChI=1S/C11H22N2O4S2/c1-18(14,15)12-8-4-3-6-10-11(12)7-5-9-13(10)19(2,16)17/h10-11H,3-9H2,1-2H3/t10-,11-/m1/s1. The molecule has 0 radical (unpaired) electrons. The Morgan fingerprint density at radius 1 is 0.737 bits per heavy atom. The number of fused-ring (bicyclic) bond motifs is 1. The normalized spacial score (nSPS) is 31.7. The fraction of sp³-hybridized carbons (Fsp3) is 1.00. The van der Waals surface area contributed by atoms with Gasteiger partial charge in [0.05, 0.1) is 12.5 Å². The summed E-state index contributed by atoms with van der Waals surface area (Å²) in [5, 5.41) is 0. The molecule has 0 aromatic heterocycles. The second-order valence-electron chi connectivity index (χ2n) is 5.52. The minimum atomic E-state index is -3.28. The van der Waals surface area contributed by atoms with Gasteiger partial charge in [0.2, 0.25) is 20.0 Å². The number of piperidine rings is 1. The van der Waals surface area contributed by atoms with Crippen LogP contribution in [0.5, 0.6) is 0 Å². The van der Waals surface area contributed by atoms with Crippen molar-refractivity contribution >= 4 is 20.0 Å². The van der Waals surface area contributed by atoms with Crippen LogP contribution in [0.1, 0.15) is 32.1 Å². The molecule has 2 rings (SSSR count). The van der Waals surface area contributed by atoms with Crippen molar-refractivity contribution in [2.75, 3.05) is 25.6 Å². The third kappa shape index (κ3) is 3.29. The highest BCUT2D eigenvalue weighted by atomic mass is 32.2. The van der Waals surface area contributed by atoms with Crippen LogP contribution in [0.4, 0.5) is 0 Å². The summed E-state index contributed by atoms with van der Waals surface area (Å²) in [6.07, 6.45) is 6.34. The van der Waals surface area contributed by atoms with Gasteiger partial charge in [0.25, 0.3) is 0 Å². The Labute approximate surface area is 115 Å². The van der Waals surface area contributed by atoms with Gasteiger partial charge in [0.1, 0.15) is 0 Å². The van der Waals surface area contributed by atoms with Gasteiger partial charge < -0.3 is 0 Å². The van der Waals surface area contributed by atoms with Gasteiger partial charge in [-0.05, 0) is 25.7 Å². The van der Waals surface area contributed by atoms with Gasteiger partial charge in [-0.1, -0.05) is 6.42 Å². The molecule has 0 spiro atoms. The van der Waals surface area contributed by atoms with E-state index in [1.807, 2.05) is 0 Å². The lowest BCUT2D eigenvalue weighted by molar-refractivity contribution is 0.150. The first-order chi connectivity index (χ1) is 8.71. The zero-order valence-electron chi connectivity index (χ0n) is 11.4. The fourth-order valence-electron chi connectivity index (χ4n) is 3.29. The highest BCUT2D eigenvalue weighted by molar-refractivity contribution is 7.88. The van der Waals surface area contributed by atoms with Gasteiger partial charge in [-0.2, -0.15) is 8.61 Å². The Morgan fingerprint density at radius 2 is 1.16 bits per heavy atom. The van der Waals surface area contributed by atoms with E-state index in [1.165, 1.54) is 21.1 Å². The second kappa shape index (κ2) is 5.31. The molecule has 0 N–H and O–H groups in total. The van der Waals surface area contributed by atoms with Crippen molar-refractivity contribution in [1.29, 1.82) is 0 Å². The molecule has 0 saturated carbocycles. The maximum Gasteiger partial charge on any atom is 0.211 e. The highest BCUT2D eigenvalue weighted by Gasteiger charge is 2.42. The number of rotatable bonds is 2. The topological polar surface area (TPSA) is 74.8 Å². The van der Waals surface area contributed by atoms with Crippen LogP contribution in [-0.4, -0.2) is 63.1 Å². The summed E-state index contributed by atoms with van der Waals surface area (Å²) in [5.41, 5.74) is 0. The molecule has 2 aliphatic rings. The maximum absolute atomic E-state index is 11.9. The fourth-order valence-corrected chi connectivity index (χ4v) is 5.69. The minimum absolute atomic E-state index is 0.194. The summed E-state index contributed by atoms with van der Waals surface area (Å²) >= 11 is 0. The van der Waals surface area contributed by atoms with Crippen LogP contribution in [0.25, 0.3) is 0 Å². The monoisotopic (exact) mass is 310 g/mol. The number of hydrogen-bond donors (Lipinski definition) is 0. The van der Waals surface area contributed by atoms with Crippen LogP contribution in [-0.2, 0) is 20.0 Å². The summed E-state index contributed by atoms with van der Waals surface area (Å²) in [5.74, 6) is 0. The Morgan fingerprint density at radius 3 is 1.63 bits per heavy atom. The predicted molar refractivity (Wildman–Crippen MR) is 73.8 cm³/mol. The van der Waals surface area contributed by atoms with Crippen LogP contribution in [0, 0.1) is 0 Å². The maximum atomic E-state index is 11.9. The molecule has 112 valence electrons. The summed E-state index contributed by atoms with van der Waals surface area (Å²) in [6, 6.07) is -0.387. The zero-order chi connectivity index (χ0) is 14.3. The first-order valence-electron chi connectivity index (χ1n) is 6.65. The van der Waals surface area contributed by atoms with Crippen LogP contribution >= 0.6 is 0 Å². The summed E-state index contributed by atoms with van der Waals surface area (Å²) in [4.78, 5) is 0. The Hall–Kier alpha value is -0.180. The molecule has 19 heavy (non-hydrogen) atoms. The van der Waals surface area contributed by atoms with E-state index in [1.54, 1.807) is 0 Å². The van der Waals surface area contributed by atoms with Gasteiger partial charge in [0.15, 0.2) is 0 Å². The third-order valence-corrected chi connectivity index (χ3v) is 6.65. The van der Waals surface area contributed by atoms with Gasteiger partial charge in [-0.25, -0.2) is 16.8 Å². The predicted octanol–water partition coefficient (Wildman–Crippen LogP) is 0.225. The molecule has 2 atom stereocenters. The van der Waals surface area contributed by atoms with Crippen molar-refractivity contribution in [2.24, 2.45) is 0 Å². The second-order valence-corrected chi connectivity index (χ2v) is 9.39. The lowest BCUT2D eigenvalue weighted by Crippen LogP contribution is -2.57. The van der Waals surface area contributed by atoms with Gasteiger partial charge in [-0.15, -0.1) is 0 Å². The highest BCUT2D eigenvalue weighted by Crippen LogP contribution is 2.31. The van der Waals surface area contributed by atoms with E-state index in [2.05, 4.69) is 0 Å². The summed E-state index contributed by atoms with van der Waals surface area (Å²) in [7, 11) is -6.55. The molecule has 2 fully saturated rings. The molecule has 2 heterocycles. The Kier molecular flexibility index (Phi) is 4.25. The van der Waals surface area contributed by atoms with Crippen LogP contribution < -0.4 is 0 Å². The van der Waals surface area contributed by atoms with Gasteiger partial charge in [-0.3, -0.25) is 0 Å². The SMILES string of the molecule is CS(=O)(=O)N1CCCC[C@@H]2[C@H]1CCCN2S(C)(=O)=O. The lowest BCUT2D eigenvalue weighted by Gasteiger charge is -2.42. The molecule has 8 heteroatoms. The molecule has 0 bridgehead atoms. The van der Waals surface area contributed by atoms with Crippen molar-refractivity contribution in [3.05, 3.63) is 0 Å². The van der Waals surface area contributed by atoms with Crippen molar-refractivity contribution in [3.63, 3.8) is 0 Å². The average Bonchev–Trinajstić information content (AvgIpc) is 2.47. The zero-order valence-corrected chi connectivity index (χ0v) is 13.1. The third-order valence-electron chi connectivity index (χ3n) is 4.04. The van der Waals surface area contributed by atoms with Crippen molar-refractivity contribution < 1.29 is 16.8 Å². The first kappa shape index (κ1) is 15.2. The van der Waals surface area contributed by atoms with Gasteiger partial charge >= 0.3 is 0 Å². The van der Waals surface area contributed by atoms with Crippen LogP contribution in [0.2, 0.25) is 0 Å². The number of hydrogen-bond acceptors (Lipinski definition) is 4. The first-order valence-corrected chi connectivity index (χ1v) is 10.3. The van der Waals surface area contributed by atoms with Crippen molar-refractivity contribution in [1.82, 2.24) is 8.61 Å². The number of sulfonamides is 2. The summed E-state index contributed by atoms with van der Waals surface area (Å²) < 4.78 is 50.6. The van der Waals surface area contributed by atoms with E-state index in [-0.39, 0.29) is 12.1 Å². The Balaban J connectivity index is 2.36. The average molecular weight is 310 g/mol. The molecule has 0 aromatic rings. The molecule has 2 saturated heterocycles. The van der Waals surface area contributed by atoms with E-state index >= 15 is 0 Å².